The lowest BCUT2D eigenvalue weighted by atomic mass is 10.1. The molecule has 2 N–H and O–H groups in total. The normalized spacial score (nSPS) is 10.8. The van der Waals surface area contributed by atoms with Crippen LogP contribution in [0.25, 0.3) is 0 Å². The van der Waals surface area contributed by atoms with E-state index in [0.717, 1.165) is 16.9 Å². The number of benzene rings is 2. The van der Waals surface area contributed by atoms with Gasteiger partial charge in [0.1, 0.15) is 11.5 Å². The summed E-state index contributed by atoms with van der Waals surface area (Å²) in [5.41, 5.74) is 2.56. The van der Waals surface area contributed by atoms with Gasteiger partial charge in [0.2, 0.25) is 10.9 Å². The van der Waals surface area contributed by atoms with Gasteiger partial charge >= 0.3 is 0 Å². The molecule has 0 spiro atoms. The van der Waals surface area contributed by atoms with E-state index >= 15 is 0 Å². The molecule has 0 aliphatic heterocycles. The standard InChI is InChI=1S/C16H20N2O3S2/c1-11-8-14(5-7-16(11)22-3)21-15-6-4-13(18-23(19)20)9-12(15)10-17-2/h4-9,17,23H,10H2,1-3H3,(H,18,19,20). The summed E-state index contributed by atoms with van der Waals surface area (Å²) in [6.45, 7) is 2.62. The van der Waals surface area contributed by atoms with E-state index < -0.39 is 10.9 Å². The summed E-state index contributed by atoms with van der Waals surface area (Å²) in [7, 11) is -0.851. The summed E-state index contributed by atoms with van der Waals surface area (Å²) >= 11 is 1.70. The lowest BCUT2D eigenvalue weighted by molar-refractivity contribution is 0.473. The van der Waals surface area contributed by atoms with Gasteiger partial charge in [0.05, 0.1) is 0 Å². The summed E-state index contributed by atoms with van der Waals surface area (Å²) in [4.78, 5) is 1.21. The molecule has 0 fully saturated rings. The average molecular weight is 352 g/mol. The van der Waals surface area contributed by atoms with Gasteiger partial charge in [-0.1, -0.05) is 0 Å². The second-order valence-electron chi connectivity index (χ2n) is 4.96. The van der Waals surface area contributed by atoms with E-state index in [1.165, 1.54) is 4.90 Å². The van der Waals surface area contributed by atoms with Crippen LogP contribution in [0.2, 0.25) is 0 Å². The van der Waals surface area contributed by atoms with Crippen LogP contribution in [0.1, 0.15) is 11.1 Å². The molecule has 124 valence electrons. The Labute approximate surface area is 142 Å². The largest absolute Gasteiger partial charge is 0.457 e. The van der Waals surface area contributed by atoms with Crippen molar-refractivity contribution >= 4 is 28.3 Å². The van der Waals surface area contributed by atoms with Crippen molar-refractivity contribution in [2.75, 3.05) is 18.0 Å². The van der Waals surface area contributed by atoms with E-state index in [4.69, 9.17) is 4.74 Å². The van der Waals surface area contributed by atoms with Crippen molar-refractivity contribution in [2.24, 2.45) is 0 Å². The summed E-state index contributed by atoms with van der Waals surface area (Å²) in [6.07, 6.45) is 2.04. The van der Waals surface area contributed by atoms with Gasteiger partial charge in [-0.3, -0.25) is 4.72 Å². The van der Waals surface area contributed by atoms with E-state index in [0.29, 0.717) is 18.0 Å². The topological polar surface area (TPSA) is 67.4 Å². The number of anilines is 1. The Balaban J connectivity index is 2.29. The van der Waals surface area contributed by atoms with E-state index in [2.05, 4.69) is 10.0 Å². The van der Waals surface area contributed by atoms with Crippen LogP contribution < -0.4 is 14.8 Å². The molecule has 0 aliphatic carbocycles. The van der Waals surface area contributed by atoms with Crippen molar-refractivity contribution in [3.05, 3.63) is 47.5 Å². The number of ether oxygens (including phenoxy) is 1. The maximum atomic E-state index is 10.8. The molecule has 0 saturated heterocycles. The van der Waals surface area contributed by atoms with Crippen molar-refractivity contribution in [2.45, 2.75) is 18.4 Å². The Kier molecular flexibility index (Phi) is 6.32. The van der Waals surface area contributed by atoms with Gasteiger partial charge in [-0.15, -0.1) is 11.8 Å². The molecule has 0 unspecified atom stereocenters. The third-order valence-corrected chi connectivity index (χ3v) is 4.58. The van der Waals surface area contributed by atoms with E-state index in [1.807, 2.05) is 38.4 Å². The second-order valence-corrected chi connectivity index (χ2v) is 6.54. The Morgan fingerprint density at radius 3 is 2.57 bits per heavy atom. The Hall–Kier alpha value is -1.70. The third kappa shape index (κ3) is 4.89. The first-order chi connectivity index (χ1) is 11.0. The summed E-state index contributed by atoms with van der Waals surface area (Å²) < 4.78 is 29.9. The van der Waals surface area contributed by atoms with Crippen LogP contribution in [0, 0.1) is 6.92 Å². The highest BCUT2D eigenvalue weighted by molar-refractivity contribution is 7.98. The molecule has 0 bridgehead atoms. The molecule has 0 aromatic heterocycles. The SMILES string of the molecule is CNCc1cc(N[SH](=O)=O)ccc1Oc1ccc(SC)c(C)c1. The van der Waals surface area contributed by atoms with Gasteiger partial charge in [-0.25, -0.2) is 8.42 Å². The van der Waals surface area contributed by atoms with Crippen LogP contribution in [0.15, 0.2) is 41.3 Å². The van der Waals surface area contributed by atoms with Crippen LogP contribution in [-0.2, 0) is 17.4 Å². The van der Waals surface area contributed by atoms with E-state index in [1.54, 1.807) is 30.0 Å². The number of aryl methyl sites for hydroxylation is 1. The Morgan fingerprint density at radius 1 is 1.17 bits per heavy atom. The molecule has 2 aromatic rings. The first-order valence-electron chi connectivity index (χ1n) is 7.04. The van der Waals surface area contributed by atoms with Crippen molar-refractivity contribution in [1.29, 1.82) is 0 Å². The number of hydrogen-bond donors (Lipinski definition) is 3. The number of rotatable bonds is 7. The molecule has 0 heterocycles. The molecule has 2 aromatic carbocycles. The second kappa shape index (κ2) is 8.24. The summed E-state index contributed by atoms with van der Waals surface area (Å²) in [6, 6.07) is 11.2. The van der Waals surface area contributed by atoms with E-state index in [-0.39, 0.29) is 0 Å². The zero-order valence-corrected chi connectivity index (χ0v) is 15.0. The smallest absolute Gasteiger partial charge is 0.222 e. The quantitative estimate of drug-likeness (QED) is 0.528. The molecule has 0 atom stereocenters. The lowest BCUT2D eigenvalue weighted by Crippen LogP contribution is -2.07. The Morgan fingerprint density at radius 2 is 1.96 bits per heavy atom. The third-order valence-electron chi connectivity index (χ3n) is 3.24. The van der Waals surface area contributed by atoms with Gasteiger partial charge in [0.15, 0.2) is 0 Å². The minimum atomic E-state index is -2.68. The van der Waals surface area contributed by atoms with Crippen molar-refractivity contribution in [3.8, 4) is 11.5 Å². The van der Waals surface area contributed by atoms with Gasteiger partial charge in [0.25, 0.3) is 0 Å². The molecule has 0 radical (unpaired) electrons. The highest BCUT2D eigenvalue weighted by atomic mass is 32.2. The van der Waals surface area contributed by atoms with Gasteiger partial charge in [0, 0.05) is 22.7 Å². The maximum Gasteiger partial charge on any atom is 0.222 e. The van der Waals surface area contributed by atoms with Crippen LogP contribution in [0.4, 0.5) is 5.69 Å². The average Bonchev–Trinajstić information content (AvgIpc) is 2.50. The monoisotopic (exact) mass is 352 g/mol. The van der Waals surface area contributed by atoms with Crippen LogP contribution in [-0.4, -0.2) is 21.7 Å². The fourth-order valence-electron chi connectivity index (χ4n) is 2.22. The molecule has 0 amide bonds. The molecule has 0 saturated carbocycles. The predicted octanol–water partition coefficient (Wildman–Crippen LogP) is 3.17. The Bertz CT molecular complexity index is 753. The number of nitrogens with one attached hydrogen (secondary N) is 2. The van der Waals surface area contributed by atoms with Crippen LogP contribution in [0.5, 0.6) is 11.5 Å². The maximum absolute atomic E-state index is 10.8. The molecule has 23 heavy (non-hydrogen) atoms. The number of thioether (sulfide) groups is 1. The fraction of sp³-hybridized carbons (Fsp3) is 0.250. The zero-order chi connectivity index (χ0) is 16.8. The van der Waals surface area contributed by atoms with Crippen LogP contribution in [0.3, 0.4) is 0 Å². The summed E-state index contributed by atoms with van der Waals surface area (Å²) in [5, 5.41) is 3.06. The molecule has 2 rings (SSSR count). The van der Waals surface area contributed by atoms with Crippen LogP contribution >= 0.6 is 11.8 Å². The molecule has 5 nitrogen and oxygen atoms in total. The molecular weight excluding hydrogens is 332 g/mol. The molecule has 7 heteroatoms. The van der Waals surface area contributed by atoms with Crippen molar-refractivity contribution in [1.82, 2.24) is 5.32 Å². The minimum Gasteiger partial charge on any atom is -0.457 e. The van der Waals surface area contributed by atoms with Crippen molar-refractivity contribution < 1.29 is 13.2 Å². The number of hydrogen-bond acceptors (Lipinski definition) is 5. The molecular formula is C16H20N2O3S2. The van der Waals surface area contributed by atoms with Gasteiger partial charge in [-0.2, -0.15) is 0 Å². The minimum absolute atomic E-state index is 0.521. The highest BCUT2D eigenvalue weighted by Crippen LogP contribution is 2.31. The fourth-order valence-corrected chi connectivity index (χ4v) is 3.16. The lowest BCUT2D eigenvalue weighted by Gasteiger charge is -2.14. The summed E-state index contributed by atoms with van der Waals surface area (Å²) in [5.74, 6) is 1.45. The van der Waals surface area contributed by atoms with Gasteiger partial charge in [-0.05, 0) is 62.2 Å². The van der Waals surface area contributed by atoms with Gasteiger partial charge < -0.3 is 10.1 Å². The zero-order valence-electron chi connectivity index (χ0n) is 13.3. The molecule has 0 aliphatic rings. The van der Waals surface area contributed by atoms with Crippen molar-refractivity contribution in [3.63, 3.8) is 0 Å². The van der Waals surface area contributed by atoms with E-state index in [9.17, 15) is 8.42 Å². The predicted molar refractivity (Wildman–Crippen MR) is 96.2 cm³/mol. The first kappa shape index (κ1) is 17.7. The first-order valence-corrected chi connectivity index (χ1v) is 9.44. The number of thiol groups is 1. The highest BCUT2D eigenvalue weighted by Gasteiger charge is 2.08.